The molecule has 2 atom stereocenters. The van der Waals surface area contributed by atoms with Crippen LogP contribution in [0.3, 0.4) is 0 Å². The number of methoxy groups -OCH3 is 1. The lowest BCUT2D eigenvalue weighted by Gasteiger charge is -2.30. The number of esters is 1. The lowest BCUT2D eigenvalue weighted by molar-refractivity contribution is -0.384. The lowest BCUT2D eigenvalue weighted by Crippen LogP contribution is -2.44. The van der Waals surface area contributed by atoms with Gasteiger partial charge in [-0.25, -0.2) is 0 Å². The highest BCUT2D eigenvalue weighted by Gasteiger charge is 2.44. The summed E-state index contributed by atoms with van der Waals surface area (Å²) in [6.07, 6.45) is 0. The predicted octanol–water partition coefficient (Wildman–Crippen LogP) is 3.27. The number of nitriles is 1. The summed E-state index contributed by atoms with van der Waals surface area (Å²) in [7, 11) is 1.19. The number of benzene rings is 2. The standard InChI is InChI=1S/C21H17N3O5S/c1-29-21(26)18-17(14-7-3-2-4-8-14)16(11-22)20(23-19(18)25)30-12-13-6-5-9-15(10-13)24(27)28/h2-10,17-18H,12H2,1H3,(H,23,25)/t17-,18-/m1/s1. The summed E-state index contributed by atoms with van der Waals surface area (Å²) >= 11 is 1.18. The fourth-order valence-electron chi connectivity index (χ4n) is 3.26. The predicted molar refractivity (Wildman–Crippen MR) is 110 cm³/mol. The number of hydrogen-bond acceptors (Lipinski definition) is 7. The summed E-state index contributed by atoms with van der Waals surface area (Å²) in [6.45, 7) is 0. The first-order chi connectivity index (χ1) is 14.5. The second-order valence-electron chi connectivity index (χ2n) is 6.45. The van der Waals surface area contributed by atoms with Gasteiger partial charge in [0.05, 0.1) is 28.7 Å². The van der Waals surface area contributed by atoms with E-state index in [2.05, 4.69) is 11.4 Å². The van der Waals surface area contributed by atoms with Crippen LogP contribution >= 0.6 is 11.8 Å². The average molecular weight is 423 g/mol. The van der Waals surface area contributed by atoms with Crippen LogP contribution in [0.15, 0.2) is 65.2 Å². The fraction of sp³-hybridized carbons (Fsp3) is 0.190. The van der Waals surface area contributed by atoms with Crippen molar-refractivity contribution >= 4 is 29.3 Å². The Kier molecular flexibility index (Phi) is 6.49. The van der Waals surface area contributed by atoms with Gasteiger partial charge < -0.3 is 10.1 Å². The number of carbonyl (C=O) groups excluding carboxylic acids is 2. The molecule has 0 spiro atoms. The monoisotopic (exact) mass is 423 g/mol. The third kappa shape index (κ3) is 4.34. The highest BCUT2D eigenvalue weighted by Crippen LogP contribution is 2.40. The molecule has 30 heavy (non-hydrogen) atoms. The summed E-state index contributed by atoms with van der Waals surface area (Å²) < 4.78 is 4.80. The zero-order valence-electron chi connectivity index (χ0n) is 15.9. The maximum absolute atomic E-state index is 12.7. The molecule has 0 fully saturated rings. The van der Waals surface area contributed by atoms with E-state index in [4.69, 9.17) is 4.74 Å². The van der Waals surface area contributed by atoms with Gasteiger partial charge in [0.25, 0.3) is 5.69 Å². The zero-order valence-corrected chi connectivity index (χ0v) is 16.7. The number of allylic oxidation sites excluding steroid dienone is 1. The maximum Gasteiger partial charge on any atom is 0.319 e. The number of nitro benzene ring substituents is 1. The first-order valence-electron chi connectivity index (χ1n) is 8.90. The molecular formula is C21H17N3O5S. The minimum atomic E-state index is -1.19. The Morgan fingerprint density at radius 2 is 2.00 bits per heavy atom. The molecule has 1 N–H and O–H groups in total. The molecule has 9 heteroatoms. The Labute approximate surface area is 176 Å². The van der Waals surface area contributed by atoms with Crippen LogP contribution in [0, 0.1) is 27.4 Å². The average Bonchev–Trinajstić information content (AvgIpc) is 2.77. The van der Waals surface area contributed by atoms with Gasteiger partial charge in [0.2, 0.25) is 5.91 Å². The number of nitro groups is 1. The number of hydrogen-bond donors (Lipinski definition) is 1. The summed E-state index contributed by atoms with van der Waals surface area (Å²) in [5.74, 6) is -2.96. The summed E-state index contributed by atoms with van der Waals surface area (Å²) in [5, 5.41) is 23.8. The molecule has 2 aromatic carbocycles. The highest BCUT2D eigenvalue weighted by atomic mass is 32.2. The van der Waals surface area contributed by atoms with Crippen molar-refractivity contribution in [3.63, 3.8) is 0 Å². The Bertz CT molecular complexity index is 1060. The number of nitrogens with zero attached hydrogens (tertiary/aromatic N) is 2. The number of rotatable bonds is 6. The topological polar surface area (TPSA) is 122 Å². The molecule has 152 valence electrons. The molecule has 1 heterocycles. The van der Waals surface area contributed by atoms with Gasteiger partial charge in [0.15, 0.2) is 0 Å². The van der Waals surface area contributed by atoms with Crippen molar-refractivity contribution in [1.82, 2.24) is 5.32 Å². The van der Waals surface area contributed by atoms with Crippen molar-refractivity contribution in [3.8, 4) is 6.07 Å². The Morgan fingerprint density at radius 1 is 1.27 bits per heavy atom. The number of nitrogens with one attached hydrogen (secondary N) is 1. The van der Waals surface area contributed by atoms with Crippen LogP contribution in [0.1, 0.15) is 17.0 Å². The van der Waals surface area contributed by atoms with Crippen LogP contribution in [-0.2, 0) is 20.1 Å². The normalized spacial score (nSPS) is 18.3. The second kappa shape index (κ2) is 9.24. The third-order valence-corrected chi connectivity index (χ3v) is 5.74. The van der Waals surface area contributed by atoms with Crippen LogP contribution in [-0.4, -0.2) is 23.9 Å². The number of non-ortho nitro benzene ring substituents is 1. The van der Waals surface area contributed by atoms with Gasteiger partial charge in [0, 0.05) is 23.8 Å². The smallest absolute Gasteiger partial charge is 0.319 e. The number of thioether (sulfide) groups is 1. The van der Waals surface area contributed by atoms with E-state index in [1.807, 2.05) is 0 Å². The van der Waals surface area contributed by atoms with Crippen LogP contribution in [0.2, 0.25) is 0 Å². The van der Waals surface area contributed by atoms with Crippen molar-refractivity contribution in [3.05, 3.63) is 86.4 Å². The van der Waals surface area contributed by atoms with E-state index in [1.54, 1.807) is 42.5 Å². The van der Waals surface area contributed by atoms with Crippen LogP contribution in [0.25, 0.3) is 0 Å². The first kappa shape index (κ1) is 21.1. The van der Waals surface area contributed by atoms with Crippen molar-refractivity contribution < 1.29 is 19.2 Å². The van der Waals surface area contributed by atoms with Crippen molar-refractivity contribution in [2.75, 3.05) is 7.11 Å². The molecule has 0 saturated heterocycles. The first-order valence-corrected chi connectivity index (χ1v) is 9.89. The SMILES string of the molecule is COC(=O)[C@H]1C(=O)NC(SCc2cccc([N+](=O)[O-])c2)=C(C#N)[C@H]1c1ccccc1. The van der Waals surface area contributed by atoms with E-state index in [0.29, 0.717) is 21.9 Å². The highest BCUT2D eigenvalue weighted by molar-refractivity contribution is 8.02. The molecule has 0 saturated carbocycles. The zero-order chi connectivity index (χ0) is 21.7. The number of ether oxygens (including phenoxy) is 1. The Balaban J connectivity index is 1.98. The van der Waals surface area contributed by atoms with E-state index in [9.17, 15) is 25.0 Å². The van der Waals surface area contributed by atoms with Gasteiger partial charge >= 0.3 is 5.97 Å². The minimum Gasteiger partial charge on any atom is -0.468 e. The molecule has 0 unspecified atom stereocenters. The summed E-state index contributed by atoms with van der Waals surface area (Å²) in [5.41, 5.74) is 1.52. The van der Waals surface area contributed by atoms with Gasteiger partial charge in [-0.2, -0.15) is 5.26 Å². The molecule has 0 bridgehead atoms. The van der Waals surface area contributed by atoms with Gasteiger partial charge in [-0.05, 0) is 11.1 Å². The van der Waals surface area contributed by atoms with Crippen molar-refractivity contribution in [2.45, 2.75) is 11.7 Å². The van der Waals surface area contributed by atoms with E-state index >= 15 is 0 Å². The van der Waals surface area contributed by atoms with Gasteiger partial charge in [-0.1, -0.05) is 42.5 Å². The quantitative estimate of drug-likeness (QED) is 0.327. The summed E-state index contributed by atoms with van der Waals surface area (Å²) in [4.78, 5) is 35.6. The van der Waals surface area contributed by atoms with E-state index in [0.717, 1.165) is 0 Å². The largest absolute Gasteiger partial charge is 0.468 e. The second-order valence-corrected chi connectivity index (χ2v) is 7.43. The van der Waals surface area contributed by atoms with E-state index in [-0.39, 0.29) is 11.3 Å². The van der Waals surface area contributed by atoms with Gasteiger partial charge in [-0.15, -0.1) is 11.8 Å². The Hall–Kier alpha value is -3.64. The van der Waals surface area contributed by atoms with Gasteiger partial charge in [-0.3, -0.25) is 19.7 Å². The van der Waals surface area contributed by atoms with Crippen LogP contribution < -0.4 is 5.32 Å². The van der Waals surface area contributed by atoms with Gasteiger partial charge in [0.1, 0.15) is 5.92 Å². The molecular weight excluding hydrogens is 406 g/mol. The van der Waals surface area contributed by atoms with Crippen molar-refractivity contribution in [2.24, 2.45) is 5.92 Å². The number of amides is 1. The van der Waals surface area contributed by atoms with Crippen LogP contribution in [0.4, 0.5) is 5.69 Å². The summed E-state index contributed by atoms with van der Waals surface area (Å²) in [6, 6.07) is 17.1. The molecule has 3 rings (SSSR count). The maximum atomic E-state index is 12.7. The van der Waals surface area contributed by atoms with Crippen LogP contribution in [0.5, 0.6) is 0 Å². The molecule has 8 nitrogen and oxygen atoms in total. The Morgan fingerprint density at radius 3 is 2.63 bits per heavy atom. The molecule has 1 aliphatic rings. The molecule has 2 aromatic rings. The third-order valence-electron chi connectivity index (χ3n) is 4.65. The fourth-order valence-corrected chi connectivity index (χ4v) is 4.25. The molecule has 0 radical (unpaired) electrons. The molecule has 0 aromatic heterocycles. The molecule has 1 amide bonds. The van der Waals surface area contributed by atoms with E-state index in [1.165, 1.54) is 31.0 Å². The van der Waals surface area contributed by atoms with E-state index < -0.39 is 28.6 Å². The molecule has 1 aliphatic heterocycles. The lowest BCUT2D eigenvalue weighted by atomic mass is 9.78. The minimum absolute atomic E-state index is 0.0387. The number of carbonyl (C=O) groups is 2. The molecule has 0 aliphatic carbocycles. The van der Waals surface area contributed by atoms with Crippen molar-refractivity contribution in [1.29, 1.82) is 5.26 Å².